The summed E-state index contributed by atoms with van der Waals surface area (Å²) in [6.45, 7) is 2.13. The van der Waals surface area contributed by atoms with Gasteiger partial charge in [0, 0.05) is 25.5 Å². The van der Waals surface area contributed by atoms with Gasteiger partial charge in [-0.05, 0) is 49.4 Å². The van der Waals surface area contributed by atoms with Crippen molar-refractivity contribution in [2.24, 2.45) is 7.05 Å². The van der Waals surface area contributed by atoms with Crippen LogP contribution in [-0.4, -0.2) is 32.7 Å². The van der Waals surface area contributed by atoms with E-state index in [9.17, 15) is 14.0 Å². The van der Waals surface area contributed by atoms with Gasteiger partial charge in [-0.15, -0.1) is 11.3 Å². The molecule has 0 spiro atoms. The molecule has 2 aromatic heterocycles. The summed E-state index contributed by atoms with van der Waals surface area (Å²) in [5.41, 5.74) is 1.86. The largest absolute Gasteiger partial charge is 0.340 e. The number of thioether (sulfide) groups is 1. The van der Waals surface area contributed by atoms with Crippen LogP contribution in [0.15, 0.2) is 34.2 Å². The molecular weight excluding hydrogens is 409 g/mol. The summed E-state index contributed by atoms with van der Waals surface area (Å²) in [4.78, 5) is 34.0. The van der Waals surface area contributed by atoms with Crippen LogP contribution in [0.25, 0.3) is 10.2 Å². The molecule has 1 amide bonds. The minimum Gasteiger partial charge on any atom is -0.340 e. The molecular formula is C21H22FN3O2S2. The number of nitrogens with zero attached hydrogens (tertiary/aromatic N) is 3. The zero-order valence-corrected chi connectivity index (χ0v) is 18.2. The van der Waals surface area contributed by atoms with E-state index >= 15 is 0 Å². The number of hydrogen-bond donors (Lipinski definition) is 0. The van der Waals surface area contributed by atoms with Crippen molar-refractivity contribution in [1.29, 1.82) is 0 Å². The average molecular weight is 432 g/mol. The number of fused-ring (bicyclic) bond motifs is 3. The number of halogens is 1. The van der Waals surface area contributed by atoms with Gasteiger partial charge in [0.05, 0.1) is 10.6 Å². The number of aryl methyl sites for hydroxylation is 2. The first-order valence-corrected chi connectivity index (χ1v) is 11.2. The Morgan fingerprint density at radius 3 is 2.97 bits per heavy atom. The highest BCUT2D eigenvalue weighted by Crippen LogP contribution is 2.35. The van der Waals surface area contributed by atoms with Gasteiger partial charge >= 0.3 is 0 Å². The predicted molar refractivity (Wildman–Crippen MR) is 115 cm³/mol. The lowest BCUT2D eigenvalue weighted by Crippen LogP contribution is -2.33. The Kier molecular flexibility index (Phi) is 5.48. The van der Waals surface area contributed by atoms with Gasteiger partial charge in [-0.25, -0.2) is 9.37 Å². The van der Waals surface area contributed by atoms with E-state index in [-0.39, 0.29) is 17.3 Å². The maximum absolute atomic E-state index is 13.4. The molecule has 29 heavy (non-hydrogen) atoms. The molecule has 4 rings (SSSR count). The van der Waals surface area contributed by atoms with Crippen LogP contribution >= 0.6 is 23.1 Å². The summed E-state index contributed by atoms with van der Waals surface area (Å²) in [5, 5.41) is 0.870. The summed E-state index contributed by atoms with van der Waals surface area (Å²) < 4.78 is 14.9. The minimum absolute atomic E-state index is 0.0373. The van der Waals surface area contributed by atoms with Gasteiger partial charge in [-0.2, -0.15) is 0 Å². The molecule has 0 bridgehead atoms. The second-order valence-corrected chi connectivity index (χ2v) is 9.77. The first kappa shape index (κ1) is 20.1. The van der Waals surface area contributed by atoms with E-state index in [0.29, 0.717) is 11.7 Å². The maximum Gasteiger partial charge on any atom is 0.262 e. The van der Waals surface area contributed by atoms with E-state index in [0.717, 1.165) is 40.6 Å². The smallest absolute Gasteiger partial charge is 0.262 e. The Morgan fingerprint density at radius 2 is 2.21 bits per heavy atom. The van der Waals surface area contributed by atoms with Gasteiger partial charge in [0.1, 0.15) is 10.6 Å². The fraction of sp³-hybridized carbons (Fsp3) is 0.381. The second-order valence-electron chi connectivity index (χ2n) is 7.38. The zero-order chi connectivity index (χ0) is 20.7. The van der Waals surface area contributed by atoms with Crippen molar-refractivity contribution in [3.05, 3.63) is 56.4 Å². The van der Waals surface area contributed by atoms with Crippen molar-refractivity contribution in [3.8, 4) is 0 Å². The summed E-state index contributed by atoms with van der Waals surface area (Å²) in [7, 11) is 3.41. The molecule has 1 aliphatic carbocycles. The number of rotatable bonds is 5. The highest BCUT2D eigenvalue weighted by Gasteiger charge is 2.25. The highest BCUT2D eigenvalue weighted by atomic mass is 32.2. The number of carbonyl (C=O) groups is 1. The molecule has 2 heterocycles. The fourth-order valence-corrected chi connectivity index (χ4v) is 6.01. The van der Waals surface area contributed by atoms with Crippen molar-refractivity contribution in [2.45, 2.75) is 43.1 Å². The van der Waals surface area contributed by atoms with Crippen LogP contribution in [0.4, 0.5) is 4.39 Å². The molecule has 0 aliphatic heterocycles. The molecule has 0 saturated heterocycles. The summed E-state index contributed by atoms with van der Waals surface area (Å²) in [6, 6.07) is 6.23. The summed E-state index contributed by atoms with van der Waals surface area (Å²) >= 11 is 2.88. The maximum atomic E-state index is 13.4. The summed E-state index contributed by atoms with van der Waals surface area (Å²) in [5.74, 6) is -0.414. The molecule has 0 fully saturated rings. The highest BCUT2D eigenvalue weighted by molar-refractivity contribution is 8.00. The number of hydrogen-bond acceptors (Lipinski definition) is 5. The topological polar surface area (TPSA) is 55.2 Å². The molecule has 8 heteroatoms. The lowest BCUT2D eigenvalue weighted by Gasteiger charge is -2.21. The Balaban J connectivity index is 1.54. The van der Waals surface area contributed by atoms with Crippen molar-refractivity contribution in [3.63, 3.8) is 0 Å². The number of thiophene rings is 1. The number of amides is 1. The van der Waals surface area contributed by atoms with E-state index < -0.39 is 5.25 Å². The molecule has 0 saturated carbocycles. The van der Waals surface area contributed by atoms with Crippen LogP contribution in [-0.2, 0) is 31.2 Å². The van der Waals surface area contributed by atoms with Crippen LogP contribution in [0.3, 0.4) is 0 Å². The van der Waals surface area contributed by atoms with Gasteiger partial charge in [0.15, 0.2) is 5.16 Å². The molecule has 0 N–H and O–H groups in total. The first-order chi connectivity index (χ1) is 13.8. The Bertz CT molecular complexity index is 1150. The average Bonchev–Trinajstić information content (AvgIpc) is 3.25. The molecule has 1 atom stereocenters. The van der Waals surface area contributed by atoms with E-state index in [4.69, 9.17) is 4.98 Å². The third kappa shape index (κ3) is 3.83. The Morgan fingerprint density at radius 1 is 1.41 bits per heavy atom. The van der Waals surface area contributed by atoms with Crippen LogP contribution in [0.1, 0.15) is 29.3 Å². The standard InChI is InChI=1S/C21H22FN3O2S2/c1-12(19(26)24(2)11-13-6-4-7-14(22)10-13)28-21-23-18-17(20(27)25(21)3)15-8-5-9-16(15)29-18/h4,6-7,10,12H,5,8-9,11H2,1-3H3. The van der Waals surface area contributed by atoms with Gasteiger partial charge in [0.25, 0.3) is 5.56 Å². The molecule has 1 aliphatic rings. The number of aromatic nitrogens is 2. The normalized spacial score (nSPS) is 14.2. The van der Waals surface area contributed by atoms with Crippen molar-refractivity contribution in [1.82, 2.24) is 14.5 Å². The molecule has 0 radical (unpaired) electrons. The summed E-state index contributed by atoms with van der Waals surface area (Å²) in [6.07, 6.45) is 3.06. The zero-order valence-electron chi connectivity index (χ0n) is 16.6. The lowest BCUT2D eigenvalue weighted by atomic mass is 10.2. The van der Waals surface area contributed by atoms with Crippen molar-refractivity contribution < 1.29 is 9.18 Å². The van der Waals surface area contributed by atoms with Crippen LogP contribution < -0.4 is 5.56 Å². The van der Waals surface area contributed by atoms with Gasteiger partial charge < -0.3 is 4.90 Å². The lowest BCUT2D eigenvalue weighted by molar-refractivity contribution is -0.129. The van der Waals surface area contributed by atoms with E-state index in [1.54, 1.807) is 54.0 Å². The predicted octanol–water partition coefficient (Wildman–Crippen LogP) is 3.76. The van der Waals surface area contributed by atoms with Crippen LogP contribution in [0, 0.1) is 5.82 Å². The van der Waals surface area contributed by atoms with E-state index in [1.807, 2.05) is 0 Å². The Hall–Kier alpha value is -2.19. The van der Waals surface area contributed by atoms with E-state index in [1.165, 1.54) is 28.8 Å². The molecule has 152 valence electrons. The SMILES string of the molecule is CC(Sc1nc2sc3c(c2c(=O)n1C)CCC3)C(=O)N(C)Cc1cccc(F)c1. The second kappa shape index (κ2) is 7.91. The van der Waals surface area contributed by atoms with Gasteiger partial charge in [-0.3, -0.25) is 14.2 Å². The van der Waals surface area contributed by atoms with Gasteiger partial charge in [0.2, 0.25) is 5.91 Å². The van der Waals surface area contributed by atoms with Crippen LogP contribution in [0.5, 0.6) is 0 Å². The monoisotopic (exact) mass is 431 g/mol. The molecule has 3 aromatic rings. The fourth-order valence-electron chi connectivity index (χ4n) is 3.72. The van der Waals surface area contributed by atoms with Crippen molar-refractivity contribution in [2.75, 3.05) is 7.05 Å². The Labute approximate surface area is 176 Å². The molecule has 5 nitrogen and oxygen atoms in total. The molecule has 1 unspecified atom stereocenters. The van der Waals surface area contributed by atoms with Gasteiger partial charge in [-0.1, -0.05) is 23.9 Å². The number of benzene rings is 1. The van der Waals surface area contributed by atoms with E-state index in [2.05, 4.69) is 0 Å². The minimum atomic E-state index is -0.420. The first-order valence-electron chi connectivity index (χ1n) is 9.52. The third-order valence-corrected chi connectivity index (χ3v) is 7.54. The van der Waals surface area contributed by atoms with Crippen LogP contribution in [0.2, 0.25) is 0 Å². The third-order valence-electron chi connectivity index (χ3n) is 5.22. The quantitative estimate of drug-likeness (QED) is 0.456. The van der Waals surface area contributed by atoms with Crippen molar-refractivity contribution >= 4 is 39.2 Å². The number of carbonyl (C=O) groups excluding carboxylic acids is 1. The molecule has 1 aromatic carbocycles.